The molecule has 0 saturated heterocycles. The van der Waals surface area contributed by atoms with Crippen molar-refractivity contribution >= 4 is 34.9 Å². The van der Waals surface area contributed by atoms with E-state index in [4.69, 9.17) is 4.74 Å². The molecule has 0 radical (unpaired) electrons. The van der Waals surface area contributed by atoms with E-state index >= 15 is 0 Å². The largest absolute Gasteiger partial charge is 0.462 e. The third-order valence-electron chi connectivity index (χ3n) is 1.75. The summed E-state index contributed by atoms with van der Waals surface area (Å²) >= 11 is 1.16. The number of carbonyl (C=O) groups is 2. The average Bonchev–Trinajstić information content (AvgIpc) is 2.70. The summed E-state index contributed by atoms with van der Waals surface area (Å²) in [6.45, 7) is 2.02. The molecular formula is C11H14N2O3S. The maximum atomic E-state index is 11.6. The predicted molar refractivity (Wildman–Crippen MR) is 67.5 cm³/mol. The first kappa shape index (κ1) is 13.4. The van der Waals surface area contributed by atoms with E-state index < -0.39 is 5.97 Å². The van der Waals surface area contributed by atoms with Crippen LogP contribution in [-0.4, -0.2) is 44.2 Å². The Morgan fingerprint density at radius 3 is 2.82 bits per heavy atom. The number of ether oxygens (including phenoxy) is 1. The van der Waals surface area contributed by atoms with Crippen LogP contribution in [0.25, 0.3) is 0 Å². The second kappa shape index (κ2) is 6.15. The van der Waals surface area contributed by atoms with Crippen molar-refractivity contribution in [3.63, 3.8) is 0 Å². The number of carbonyl (C=O) groups excluding carboxylic acids is 2. The van der Waals surface area contributed by atoms with Crippen molar-refractivity contribution < 1.29 is 14.3 Å². The van der Waals surface area contributed by atoms with Crippen molar-refractivity contribution in [3.8, 4) is 0 Å². The fourth-order valence-electron chi connectivity index (χ4n) is 1.08. The van der Waals surface area contributed by atoms with Gasteiger partial charge in [-0.3, -0.25) is 4.79 Å². The Kier molecular flexibility index (Phi) is 4.84. The highest BCUT2D eigenvalue weighted by molar-refractivity contribution is 7.17. The SMILES string of the molecule is CCOC(=O)c1cc(C=O)sc1/N=C/N(C)C. The van der Waals surface area contributed by atoms with E-state index in [0.29, 0.717) is 28.3 Å². The Morgan fingerprint density at radius 2 is 2.29 bits per heavy atom. The summed E-state index contributed by atoms with van der Waals surface area (Å²) in [7, 11) is 3.64. The highest BCUT2D eigenvalue weighted by Gasteiger charge is 2.16. The number of aldehydes is 1. The van der Waals surface area contributed by atoms with Crippen LogP contribution in [-0.2, 0) is 4.74 Å². The fourth-order valence-corrected chi connectivity index (χ4v) is 1.88. The number of rotatable bonds is 5. The minimum absolute atomic E-state index is 0.294. The number of aliphatic imine (C=N–C) groups is 1. The molecule has 0 aliphatic rings. The molecular weight excluding hydrogens is 240 g/mol. The van der Waals surface area contributed by atoms with Gasteiger partial charge in [-0.25, -0.2) is 9.79 Å². The number of thiophene rings is 1. The van der Waals surface area contributed by atoms with Crippen molar-refractivity contribution in [1.82, 2.24) is 4.90 Å². The summed E-state index contributed by atoms with van der Waals surface area (Å²) in [4.78, 5) is 28.6. The zero-order valence-electron chi connectivity index (χ0n) is 9.97. The molecule has 0 aliphatic heterocycles. The van der Waals surface area contributed by atoms with Gasteiger partial charge >= 0.3 is 5.97 Å². The van der Waals surface area contributed by atoms with E-state index in [1.54, 1.807) is 18.2 Å². The monoisotopic (exact) mass is 254 g/mol. The molecule has 0 aromatic carbocycles. The smallest absolute Gasteiger partial charge is 0.341 e. The molecule has 0 unspecified atom stereocenters. The quantitative estimate of drug-likeness (QED) is 0.349. The first-order chi connectivity index (χ1) is 8.08. The van der Waals surface area contributed by atoms with Crippen LogP contribution in [0.15, 0.2) is 11.1 Å². The summed E-state index contributed by atoms with van der Waals surface area (Å²) < 4.78 is 4.90. The first-order valence-corrected chi connectivity index (χ1v) is 5.86. The molecule has 1 aromatic heterocycles. The first-order valence-electron chi connectivity index (χ1n) is 5.05. The van der Waals surface area contributed by atoms with E-state index in [1.807, 2.05) is 14.1 Å². The molecule has 1 aromatic rings. The number of hydrogen-bond donors (Lipinski definition) is 0. The van der Waals surface area contributed by atoms with Gasteiger partial charge in [0.1, 0.15) is 5.00 Å². The maximum absolute atomic E-state index is 11.6. The molecule has 0 atom stereocenters. The summed E-state index contributed by atoms with van der Waals surface area (Å²) in [5, 5.41) is 0.485. The minimum Gasteiger partial charge on any atom is -0.462 e. The third-order valence-corrected chi connectivity index (χ3v) is 2.72. The predicted octanol–water partition coefficient (Wildman–Crippen LogP) is 1.96. The minimum atomic E-state index is -0.456. The van der Waals surface area contributed by atoms with Crippen molar-refractivity contribution in [1.29, 1.82) is 0 Å². The van der Waals surface area contributed by atoms with Gasteiger partial charge in [-0.2, -0.15) is 0 Å². The van der Waals surface area contributed by atoms with Gasteiger partial charge < -0.3 is 9.64 Å². The van der Waals surface area contributed by atoms with Crippen LogP contribution in [0.4, 0.5) is 5.00 Å². The van der Waals surface area contributed by atoms with Crippen molar-refractivity contribution in [3.05, 3.63) is 16.5 Å². The second-order valence-electron chi connectivity index (χ2n) is 3.41. The van der Waals surface area contributed by atoms with Gasteiger partial charge in [-0.15, -0.1) is 11.3 Å². The zero-order chi connectivity index (χ0) is 12.8. The Morgan fingerprint density at radius 1 is 1.59 bits per heavy atom. The van der Waals surface area contributed by atoms with Crippen LogP contribution in [0.3, 0.4) is 0 Å². The van der Waals surface area contributed by atoms with Crippen molar-refractivity contribution in [2.45, 2.75) is 6.92 Å². The number of esters is 1. The Labute approximate surface area is 104 Å². The van der Waals surface area contributed by atoms with Gasteiger partial charge in [0.15, 0.2) is 6.29 Å². The van der Waals surface area contributed by atoms with E-state index in [-0.39, 0.29) is 0 Å². The molecule has 0 spiro atoms. The van der Waals surface area contributed by atoms with Crippen LogP contribution in [0.5, 0.6) is 0 Å². The third kappa shape index (κ3) is 3.67. The molecule has 6 heteroatoms. The standard InChI is InChI=1S/C11H14N2O3S/c1-4-16-11(15)9-5-8(6-14)17-10(9)12-7-13(2)3/h5-7H,4H2,1-3H3/b12-7+. The molecule has 0 bridgehead atoms. The lowest BCUT2D eigenvalue weighted by molar-refractivity contribution is 0.0528. The van der Waals surface area contributed by atoms with Crippen LogP contribution >= 0.6 is 11.3 Å². The highest BCUT2D eigenvalue weighted by atomic mass is 32.1. The molecule has 0 fully saturated rings. The van der Waals surface area contributed by atoms with Gasteiger partial charge in [0.05, 0.1) is 23.4 Å². The zero-order valence-corrected chi connectivity index (χ0v) is 10.8. The van der Waals surface area contributed by atoms with E-state index in [1.165, 1.54) is 6.07 Å². The average molecular weight is 254 g/mol. The number of hydrogen-bond acceptors (Lipinski definition) is 5. The van der Waals surface area contributed by atoms with Crippen molar-refractivity contribution in [2.75, 3.05) is 20.7 Å². The highest BCUT2D eigenvalue weighted by Crippen LogP contribution is 2.30. The molecule has 17 heavy (non-hydrogen) atoms. The molecule has 0 amide bonds. The lowest BCUT2D eigenvalue weighted by Gasteiger charge is -2.02. The Hall–Kier alpha value is -1.69. The Bertz CT molecular complexity index is 438. The summed E-state index contributed by atoms with van der Waals surface area (Å²) in [5.41, 5.74) is 0.331. The molecule has 0 saturated carbocycles. The molecule has 0 aliphatic carbocycles. The second-order valence-corrected chi connectivity index (χ2v) is 4.48. The molecule has 0 N–H and O–H groups in total. The molecule has 92 valence electrons. The maximum Gasteiger partial charge on any atom is 0.341 e. The Balaban J connectivity index is 3.05. The van der Waals surface area contributed by atoms with Crippen LogP contribution in [0.2, 0.25) is 0 Å². The lowest BCUT2D eigenvalue weighted by atomic mass is 10.3. The van der Waals surface area contributed by atoms with Gasteiger partial charge in [0, 0.05) is 14.1 Å². The summed E-state index contributed by atoms with van der Waals surface area (Å²) in [5.74, 6) is -0.456. The van der Waals surface area contributed by atoms with E-state index in [0.717, 1.165) is 11.3 Å². The summed E-state index contributed by atoms with van der Waals surface area (Å²) in [6, 6.07) is 1.50. The molecule has 1 rings (SSSR count). The normalized spacial score (nSPS) is 10.5. The number of nitrogens with zero attached hydrogens (tertiary/aromatic N) is 2. The van der Waals surface area contributed by atoms with E-state index in [9.17, 15) is 9.59 Å². The van der Waals surface area contributed by atoms with Crippen LogP contribution < -0.4 is 0 Å². The summed E-state index contributed by atoms with van der Waals surface area (Å²) in [6.07, 6.45) is 2.27. The van der Waals surface area contributed by atoms with Gasteiger partial charge in [0.25, 0.3) is 0 Å². The van der Waals surface area contributed by atoms with E-state index in [2.05, 4.69) is 4.99 Å². The topological polar surface area (TPSA) is 59.0 Å². The van der Waals surface area contributed by atoms with Crippen LogP contribution in [0.1, 0.15) is 27.0 Å². The fraction of sp³-hybridized carbons (Fsp3) is 0.364. The van der Waals surface area contributed by atoms with Gasteiger partial charge in [0.2, 0.25) is 0 Å². The van der Waals surface area contributed by atoms with Crippen LogP contribution in [0, 0.1) is 0 Å². The lowest BCUT2D eigenvalue weighted by Crippen LogP contribution is -2.07. The molecule has 1 heterocycles. The molecule has 5 nitrogen and oxygen atoms in total. The van der Waals surface area contributed by atoms with Gasteiger partial charge in [-0.05, 0) is 13.0 Å². The van der Waals surface area contributed by atoms with Crippen molar-refractivity contribution in [2.24, 2.45) is 4.99 Å². The van der Waals surface area contributed by atoms with Gasteiger partial charge in [-0.1, -0.05) is 0 Å².